The predicted octanol–water partition coefficient (Wildman–Crippen LogP) is 4.06. The van der Waals surface area contributed by atoms with E-state index in [1.54, 1.807) is 32.4 Å². The third-order valence-electron chi connectivity index (χ3n) is 4.70. The molecule has 8 heteroatoms. The maximum Gasteiger partial charge on any atom is 0.316 e. The molecule has 8 nitrogen and oxygen atoms in total. The first-order valence-corrected chi connectivity index (χ1v) is 9.78. The summed E-state index contributed by atoms with van der Waals surface area (Å²) in [5.74, 6) is 0.241. The lowest BCUT2D eigenvalue weighted by Gasteiger charge is -2.10. The van der Waals surface area contributed by atoms with Gasteiger partial charge in [-0.05, 0) is 24.6 Å². The second-order valence-corrected chi connectivity index (χ2v) is 7.22. The first-order valence-electron chi connectivity index (χ1n) is 9.78. The first kappa shape index (κ1) is 20.2. The molecular formula is C23H24N6O2. The fourth-order valence-corrected chi connectivity index (χ4v) is 3.00. The van der Waals surface area contributed by atoms with Crippen LogP contribution >= 0.6 is 0 Å². The number of hydrogen-bond donors (Lipinski definition) is 1. The Morgan fingerprint density at radius 1 is 1.06 bits per heavy atom. The summed E-state index contributed by atoms with van der Waals surface area (Å²) in [6.45, 7) is 2.41. The second kappa shape index (κ2) is 8.74. The standard InChI is InChI=1S/C23H22N6O2.H2/c1-15-20(21-27-28-23(31-21)25-13-16-7-5-4-6-8-16)26-19(14-24-15)17-9-11-18(12-10-17)22(30)29(2)3;/h4-12,14H,13H2,1-3H3,(H,25,28);1H. The fraction of sp³-hybridized carbons (Fsp3) is 0.174. The topological polar surface area (TPSA) is 97.0 Å². The summed E-state index contributed by atoms with van der Waals surface area (Å²) in [6, 6.07) is 17.5. The van der Waals surface area contributed by atoms with E-state index >= 15 is 0 Å². The van der Waals surface area contributed by atoms with E-state index in [9.17, 15) is 4.79 Å². The van der Waals surface area contributed by atoms with E-state index in [4.69, 9.17) is 4.42 Å². The Labute approximate surface area is 181 Å². The van der Waals surface area contributed by atoms with Crippen molar-refractivity contribution >= 4 is 11.9 Å². The van der Waals surface area contributed by atoms with Gasteiger partial charge in [0.05, 0.1) is 17.6 Å². The summed E-state index contributed by atoms with van der Waals surface area (Å²) in [6.07, 6.45) is 1.69. The summed E-state index contributed by atoms with van der Waals surface area (Å²) >= 11 is 0. The van der Waals surface area contributed by atoms with Crippen LogP contribution in [-0.4, -0.2) is 45.1 Å². The zero-order valence-electron chi connectivity index (χ0n) is 17.5. The number of benzene rings is 2. The number of aryl methyl sites for hydroxylation is 1. The van der Waals surface area contributed by atoms with Gasteiger partial charge in [0.2, 0.25) is 0 Å². The molecule has 1 N–H and O–H groups in total. The highest BCUT2D eigenvalue weighted by molar-refractivity contribution is 5.94. The van der Waals surface area contributed by atoms with Crippen molar-refractivity contribution in [2.24, 2.45) is 0 Å². The molecule has 0 aliphatic rings. The van der Waals surface area contributed by atoms with Gasteiger partial charge in [-0.3, -0.25) is 9.78 Å². The van der Waals surface area contributed by atoms with Gasteiger partial charge in [0.15, 0.2) is 0 Å². The quantitative estimate of drug-likeness (QED) is 0.506. The van der Waals surface area contributed by atoms with Crippen molar-refractivity contribution in [2.45, 2.75) is 13.5 Å². The van der Waals surface area contributed by atoms with Crippen molar-refractivity contribution in [3.05, 3.63) is 77.6 Å². The van der Waals surface area contributed by atoms with Crippen molar-refractivity contribution in [3.8, 4) is 22.8 Å². The molecule has 1 amide bonds. The van der Waals surface area contributed by atoms with E-state index in [-0.39, 0.29) is 7.33 Å². The van der Waals surface area contributed by atoms with Crippen molar-refractivity contribution in [2.75, 3.05) is 19.4 Å². The molecule has 0 unspecified atom stereocenters. The third-order valence-corrected chi connectivity index (χ3v) is 4.70. The molecule has 0 saturated carbocycles. The molecule has 0 bridgehead atoms. The smallest absolute Gasteiger partial charge is 0.316 e. The van der Waals surface area contributed by atoms with E-state index < -0.39 is 0 Å². The maximum atomic E-state index is 12.1. The minimum atomic E-state index is -0.0522. The number of aromatic nitrogens is 4. The number of nitrogens with one attached hydrogen (secondary N) is 1. The molecule has 4 aromatic rings. The Bertz CT molecular complexity index is 1190. The zero-order valence-corrected chi connectivity index (χ0v) is 17.5. The highest BCUT2D eigenvalue weighted by Crippen LogP contribution is 2.25. The molecule has 2 aromatic heterocycles. The van der Waals surface area contributed by atoms with Gasteiger partial charge >= 0.3 is 6.01 Å². The van der Waals surface area contributed by atoms with E-state index in [1.807, 2.05) is 49.4 Å². The van der Waals surface area contributed by atoms with Crippen LogP contribution in [0.1, 0.15) is 23.0 Å². The normalized spacial score (nSPS) is 10.7. The Balaban J connectivity index is 0.00000289. The van der Waals surface area contributed by atoms with Gasteiger partial charge in [-0.25, -0.2) is 4.98 Å². The van der Waals surface area contributed by atoms with Crippen LogP contribution in [-0.2, 0) is 6.54 Å². The first-order chi connectivity index (χ1) is 15.0. The monoisotopic (exact) mass is 416 g/mol. The number of carbonyl (C=O) groups excluding carboxylic acids is 1. The van der Waals surface area contributed by atoms with Crippen molar-refractivity contribution in [1.29, 1.82) is 0 Å². The molecule has 2 aromatic carbocycles. The Kier molecular flexibility index (Phi) is 5.70. The molecule has 158 valence electrons. The van der Waals surface area contributed by atoms with Crippen LogP contribution in [0.3, 0.4) is 0 Å². The second-order valence-electron chi connectivity index (χ2n) is 7.22. The largest absolute Gasteiger partial charge is 0.402 e. The molecule has 0 aliphatic carbocycles. The van der Waals surface area contributed by atoms with Gasteiger partial charge in [-0.2, -0.15) is 0 Å². The lowest BCUT2D eigenvalue weighted by molar-refractivity contribution is 0.0827. The van der Waals surface area contributed by atoms with Gasteiger partial charge < -0.3 is 14.6 Å². The molecule has 0 saturated heterocycles. The lowest BCUT2D eigenvalue weighted by Crippen LogP contribution is -2.21. The van der Waals surface area contributed by atoms with E-state index in [0.29, 0.717) is 41.1 Å². The molecule has 0 atom stereocenters. The molecule has 2 heterocycles. The predicted molar refractivity (Wildman–Crippen MR) is 119 cm³/mol. The van der Waals surface area contributed by atoms with Crippen LogP contribution < -0.4 is 5.32 Å². The van der Waals surface area contributed by atoms with Crippen LogP contribution in [0.5, 0.6) is 0 Å². The molecule has 4 rings (SSSR count). The number of anilines is 1. The highest BCUT2D eigenvalue weighted by Gasteiger charge is 2.16. The number of carbonyl (C=O) groups is 1. The van der Waals surface area contributed by atoms with Gasteiger partial charge in [0.1, 0.15) is 5.69 Å². The van der Waals surface area contributed by atoms with Gasteiger partial charge in [0, 0.05) is 33.2 Å². The molecule has 0 spiro atoms. The number of amides is 1. The van der Waals surface area contributed by atoms with Crippen LogP contribution in [0.25, 0.3) is 22.8 Å². The summed E-state index contributed by atoms with van der Waals surface area (Å²) < 4.78 is 5.75. The van der Waals surface area contributed by atoms with Crippen molar-refractivity contribution in [1.82, 2.24) is 25.1 Å². The minimum Gasteiger partial charge on any atom is -0.402 e. The average Bonchev–Trinajstić information content (AvgIpc) is 3.27. The summed E-state index contributed by atoms with van der Waals surface area (Å²) in [5, 5.41) is 11.3. The fourth-order valence-electron chi connectivity index (χ4n) is 3.00. The Hall–Kier alpha value is -4.07. The van der Waals surface area contributed by atoms with Crippen LogP contribution in [0.4, 0.5) is 6.01 Å². The third kappa shape index (κ3) is 4.58. The van der Waals surface area contributed by atoms with Gasteiger partial charge in [-0.15, -0.1) is 5.10 Å². The van der Waals surface area contributed by atoms with E-state index in [2.05, 4.69) is 25.5 Å². The van der Waals surface area contributed by atoms with Gasteiger partial charge in [-0.1, -0.05) is 47.6 Å². The minimum absolute atomic E-state index is 0. The lowest BCUT2D eigenvalue weighted by atomic mass is 10.1. The molecule has 31 heavy (non-hydrogen) atoms. The van der Waals surface area contributed by atoms with Crippen LogP contribution in [0.2, 0.25) is 0 Å². The van der Waals surface area contributed by atoms with E-state index in [1.165, 1.54) is 4.90 Å². The number of hydrogen-bond acceptors (Lipinski definition) is 7. The van der Waals surface area contributed by atoms with Crippen molar-refractivity contribution in [3.63, 3.8) is 0 Å². The summed E-state index contributed by atoms with van der Waals surface area (Å²) in [5.41, 5.74) is 4.41. The highest BCUT2D eigenvalue weighted by atomic mass is 16.4. The number of rotatable bonds is 6. The summed E-state index contributed by atoms with van der Waals surface area (Å²) in [7, 11) is 3.45. The van der Waals surface area contributed by atoms with Crippen molar-refractivity contribution < 1.29 is 10.6 Å². The van der Waals surface area contributed by atoms with Crippen LogP contribution in [0, 0.1) is 6.92 Å². The SMILES string of the molecule is Cc1ncc(-c2ccc(C(=O)N(C)C)cc2)nc1-c1nnc(NCc2ccccc2)o1.[HH]. The van der Waals surface area contributed by atoms with Gasteiger partial charge in [0.25, 0.3) is 11.8 Å². The Morgan fingerprint density at radius 3 is 2.52 bits per heavy atom. The van der Waals surface area contributed by atoms with Crippen LogP contribution in [0.15, 0.2) is 65.2 Å². The average molecular weight is 416 g/mol. The maximum absolute atomic E-state index is 12.1. The molecule has 0 fully saturated rings. The molecular weight excluding hydrogens is 392 g/mol. The van der Waals surface area contributed by atoms with E-state index in [0.717, 1.165) is 11.1 Å². The Morgan fingerprint density at radius 2 is 1.81 bits per heavy atom. The molecule has 0 aliphatic heterocycles. The zero-order chi connectivity index (χ0) is 21.8. The summed E-state index contributed by atoms with van der Waals surface area (Å²) in [4.78, 5) is 22.7. The molecule has 0 radical (unpaired) electrons. The number of nitrogens with zero attached hydrogens (tertiary/aromatic N) is 5.